The lowest BCUT2D eigenvalue weighted by molar-refractivity contribution is -0.125. The number of piperidine rings is 2. The number of pyridine rings is 1. The van der Waals surface area contributed by atoms with Gasteiger partial charge >= 0.3 is 0 Å². The lowest BCUT2D eigenvalue weighted by Crippen LogP contribution is -2.58. The van der Waals surface area contributed by atoms with E-state index in [1.54, 1.807) is 0 Å². The summed E-state index contributed by atoms with van der Waals surface area (Å²) in [6.45, 7) is 8.48. The Morgan fingerprint density at radius 2 is 1.82 bits per heavy atom. The van der Waals surface area contributed by atoms with Crippen molar-refractivity contribution in [2.24, 2.45) is 5.92 Å². The first kappa shape index (κ1) is 28.0. The molecule has 5 heterocycles. The number of amides is 1. The lowest BCUT2D eigenvalue weighted by Gasteiger charge is -2.48. The van der Waals surface area contributed by atoms with Gasteiger partial charge in [0.05, 0.1) is 34.9 Å². The maximum absolute atomic E-state index is 14.4. The zero-order valence-electron chi connectivity index (χ0n) is 26.1. The molecule has 5 aliphatic rings. The number of likely N-dealkylation sites (tertiary alicyclic amines) is 1. The van der Waals surface area contributed by atoms with Gasteiger partial charge in [0.25, 0.3) is 0 Å². The molecule has 0 radical (unpaired) electrons. The van der Waals surface area contributed by atoms with Crippen LogP contribution < -0.4 is 15.5 Å². The zero-order valence-corrected chi connectivity index (χ0v) is 26.1. The van der Waals surface area contributed by atoms with Crippen LogP contribution in [0, 0.1) is 17.2 Å². The van der Waals surface area contributed by atoms with Crippen molar-refractivity contribution in [1.82, 2.24) is 24.8 Å². The molecule has 1 amide bonds. The van der Waals surface area contributed by atoms with Gasteiger partial charge < -0.3 is 25.0 Å². The van der Waals surface area contributed by atoms with E-state index < -0.39 is 5.41 Å². The van der Waals surface area contributed by atoms with Crippen LogP contribution >= 0.6 is 0 Å². The maximum Gasteiger partial charge on any atom is 0.238 e. The first-order valence-corrected chi connectivity index (χ1v) is 16.9. The fourth-order valence-electron chi connectivity index (χ4n) is 8.54. The molecule has 2 N–H and O–H groups in total. The van der Waals surface area contributed by atoms with Crippen molar-refractivity contribution in [3.8, 4) is 17.3 Å². The van der Waals surface area contributed by atoms with Crippen LogP contribution in [-0.4, -0.2) is 69.6 Å². The maximum atomic E-state index is 14.4. The van der Waals surface area contributed by atoms with Gasteiger partial charge in [0.15, 0.2) is 5.82 Å². The van der Waals surface area contributed by atoms with Crippen LogP contribution in [0.25, 0.3) is 22.3 Å². The van der Waals surface area contributed by atoms with Crippen LogP contribution in [0.1, 0.15) is 83.2 Å². The molecule has 2 saturated carbocycles. The third-order valence-electron chi connectivity index (χ3n) is 11.3. The van der Waals surface area contributed by atoms with Gasteiger partial charge in [-0.25, -0.2) is 9.97 Å². The molecule has 2 aromatic heterocycles. The molecule has 0 unspecified atom stereocenters. The van der Waals surface area contributed by atoms with Gasteiger partial charge in [-0.1, -0.05) is 18.6 Å². The van der Waals surface area contributed by atoms with Crippen LogP contribution in [0.15, 0.2) is 30.6 Å². The molecule has 9 nitrogen and oxygen atoms in total. The number of fused-ring (bicyclic) bond motifs is 3. The number of nitriles is 1. The fraction of sp³-hybridized carbons (Fsp3) is 0.600. The summed E-state index contributed by atoms with van der Waals surface area (Å²) >= 11 is 0. The molecular formula is C35H44N8O. The zero-order chi connectivity index (χ0) is 30.0. The number of hydrogen-bond acceptors (Lipinski definition) is 7. The Bertz CT molecular complexity index is 1610. The van der Waals surface area contributed by atoms with E-state index in [0.717, 1.165) is 85.4 Å². The summed E-state index contributed by atoms with van der Waals surface area (Å²) in [5, 5.41) is 16.5. The highest BCUT2D eigenvalue weighted by Gasteiger charge is 2.54. The minimum absolute atomic E-state index is 0.115. The highest BCUT2D eigenvalue weighted by atomic mass is 16.2. The highest BCUT2D eigenvalue weighted by Crippen LogP contribution is 2.51. The van der Waals surface area contributed by atoms with Crippen molar-refractivity contribution in [3.05, 3.63) is 36.2 Å². The number of carbonyl (C=O) groups excluding carboxylic acids is 1. The second-order valence-corrected chi connectivity index (χ2v) is 14.2. The Balaban J connectivity index is 1.16. The monoisotopic (exact) mass is 592 g/mol. The van der Waals surface area contributed by atoms with Gasteiger partial charge in [0.1, 0.15) is 5.52 Å². The molecule has 1 aromatic carbocycles. The predicted octanol–water partition coefficient (Wildman–Crippen LogP) is 5.38. The van der Waals surface area contributed by atoms with E-state index in [2.05, 4.69) is 69.2 Å². The average molecular weight is 593 g/mol. The number of anilines is 2. The van der Waals surface area contributed by atoms with Crippen molar-refractivity contribution in [3.63, 3.8) is 0 Å². The van der Waals surface area contributed by atoms with E-state index in [-0.39, 0.29) is 24.0 Å². The number of rotatable bonds is 6. The highest BCUT2D eigenvalue weighted by molar-refractivity contribution is 6.09. The minimum Gasteiger partial charge on any atom is -0.365 e. The molecule has 9 heteroatoms. The number of carbonyl (C=O) groups is 1. The SMILES string of the molecule is CC(C)n1cnc2cc(-c3ccc4c(c3)N([C@H]3C[C@@H](N5CCCCC5)C3)C(=O)C43CCNCC3)nc(N[C@H]3C[C@H](C#N)C3)c21. The average Bonchev–Trinajstić information content (AvgIpc) is 3.53. The standard InChI is InChI=1S/C35H44N8O/c1-22(2)42-21-38-30-19-29(40-33(32(30)42)39-25-14-23(15-25)20-36)24-6-7-28-31(16-24)43(34(44)35(28)8-10-37-11-9-35)27-17-26(18-27)41-12-4-3-5-13-41/h6-7,16,19,21-23,25-27,37H,3-5,8-15,17-18H2,1-2H3,(H,39,40)/t23-,25-,26-,27+. The predicted molar refractivity (Wildman–Crippen MR) is 173 cm³/mol. The first-order valence-electron chi connectivity index (χ1n) is 16.9. The van der Waals surface area contributed by atoms with Crippen molar-refractivity contribution >= 4 is 28.4 Å². The molecule has 3 aliphatic heterocycles. The Kier molecular flexibility index (Phi) is 6.91. The molecule has 44 heavy (non-hydrogen) atoms. The Morgan fingerprint density at radius 1 is 1.05 bits per heavy atom. The molecule has 230 valence electrons. The molecule has 2 aliphatic carbocycles. The molecule has 3 aromatic rings. The Hall–Kier alpha value is -3.48. The van der Waals surface area contributed by atoms with Gasteiger partial charge in [0, 0.05) is 35.4 Å². The summed E-state index contributed by atoms with van der Waals surface area (Å²) in [6.07, 6.45) is 11.4. The van der Waals surface area contributed by atoms with E-state index >= 15 is 0 Å². The molecule has 2 saturated heterocycles. The van der Waals surface area contributed by atoms with E-state index in [1.807, 2.05) is 6.33 Å². The summed E-state index contributed by atoms with van der Waals surface area (Å²) in [6, 6.07) is 12.5. The van der Waals surface area contributed by atoms with E-state index in [4.69, 9.17) is 9.97 Å². The Labute approximate surface area is 260 Å². The lowest BCUT2D eigenvalue weighted by atomic mass is 9.74. The van der Waals surface area contributed by atoms with Crippen LogP contribution in [0.2, 0.25) is 0 Å². The normalized spacial score (nSPS) is 28.1. The van der Waals surface area contributed by atoms with E-state index in [0.29, 0.717) is 11.9 Å². The van der Waals surface area contributed by atoms with Crippen LogP contribution in [0.5, 0.6) is 0 Å². The number of aromatic nitrogens is 3. The number of imidazole rings is 1. The summed E-state index contributed by atoms with van der Waals surface area (Å²) in [5.74, 6) is 1.26. The van der Waals surface area contributed by atoms with Gasteiger partial charge in [-0.3, -0.25) is 4.79 Å². The largest absolute Gasteiger partial charge is 0.365 e. The van der Waals surface area contributed by atoms with E-state index in [9.17, 15) is 10.1 Å². The van der Waals surface area contributed by atoms with Gasteiger partial charge in [-0.2, -0.15) is 5.26 Å². The van der Waals surface area contributed by atoms with Crippen molar-refractivity contribution in [2.75, 3.05) is 36.4 Å². The van der Waals surface area contributed by atoms with Gasteiger partial charge in [-0.15, -0.1) is 0 Å². The third-order valence-corrected chi connectivity index (χ3v) is 11.3. The molecule has 4 fully saturated rings. The van der Waals surface area contributed by atoms with Crippen molar-refractivity contribution < 1.29 is 4.79 Å². The number of benzene rings is 1. The van der Waals surface area contributed by atoms with Crippen molar-refractivity contribution in [2.45, 2.75) is 101 Å². The third kappa shape index (κ3) is 4.44. The van der Waals surface area contributed by atoms with Gasteiger partial charge in [0.2, 0.25) is 5.91 Å². The molecule has 1 spiro atoms. The molecule has 0 bridgehead atoms. The Morgan fingerprint density at radius 3 is 2.55 bits per heavy atom. The topological polar surface area (TPSA) is 102 Å². The second kappa shape index (κ2) is 10.8. The van der Waals surface area contributed by atoms with E-state index in [1.165, 1.54) is 37.9 Å². The van der Waals surface area contributed by atoms with Gasteiger partial charge in [-0.05, 0) is 109 Å². The summed E-state index contributed by atoms with van der Waals surface area (Å²) in [5.41, 5.74) is 5.68. The summed E-state index contributed by atoms with van der Waals surface area (Å²) < 4.78 is 2.17. The van der Waals surface area contributed by atoms with Crippen molar-refractivity contribution in [1.29, 1.82) is 5.26 Å². The quantitative estimate of drug-likeness (QED) is 0.396. The molecule has 0 atom stereocenters. The number of nitrogens with zero attached hydrogens (tertiary/aromatic N) is 6. The summed E-state index contributed by atoms with van der Waals surface area (Å²) in [4.78, 5) is 29.3. The molecule has 8 rings (SSSR count). The number of nitrogens with one attached hydrogen (secondary N) is 2. The summed E-state index contributed by atoms with van der Waals surface area (Å²) in [7, 11) is 0. The smallest absolute Gasteiger partial charge is 0.238 e. The second-order valence-electron chi connectivity index (χ2n) is 14.2. The van der Waals surface area contributed by atoms with Crippen LogP contribution in [-0.2, 0) is 10.2 Å². The fourth-order valence-corrected chi connectivity index (χ4v) is 8.54. The van der Waals surface area contributed by atoms with Crippen LogP contribution in [0.3, 0.4) is 0 Å². The molecular weight excluding hydrogens is 548 g/mol. The van der Waals surface area contributed by atoms with Crippen LogP contribution in [0.4, 0.5) is 11.5 Å². The number of hydrogen-bond donors (Lipinski definition) is 2. The first-order chi connectivity index (χ1) is 21.4. The minimum atomic E-state index is -0.420.